The van der Waals surface area contributed by atoms with Crippen LogP contribution in [0.25, 0.3) is 33.5 Å². The smallest absolute Gasteiger partial charge is 0.292 e. The van der Waals surface area contributed by atoms with Crippen LogP contribution < -0.4 is 21.1 Å². The molecule has 31 heavy (non-hydrogen) atoms. The van der Waals surface area contributed by atoms with Crippen molar-refractivity contribution in [3.8, 4) is 17.1 Å². The summed E-state index contributed by atoms with van der Waals surface area (Å²) in [4.78, 5) is 21.7. The van der Waals surface area contributed by atoms with Gasteiger partial charge in [-0.25, -0.2) is 4.98 Å². The van der Waals surface area contributed by atoms with E-state index >= 15 is 0 Å². The Morgan fingerprint density at radius 1 is 1.19 bits per heavy atom. The van der Waals surface area contributed by atoms with Gasteiger partial charge in [-0.1, -0.05) is 0 Å². The van der Waals surface area contributed by atoms with Crippen molar-refractivity contribution >= 4 is 39.7 Å². The van der Waals surface area contributed by atoms with Crippen molar-refractivity contribution < 1.29 is 13.9 Å². The van der Waals surface area contributed by atoms with Gasteiger partial charge in [0.2, 0.25) is 5.91 Å². The number of nitrogens with one attached hydrogen (secondary N) is 2. The second kappa shape index (κ2) is 6.98. The monoisotopic (exact) mass is 418 g/mol. The summed E-state index contributed by atoms with van der Waals surface area (Å²) in [7, 11) is 0. The number of carbonyl (C=O) groups excluding carboxylic acids is 1. The van der Waals surface area contributed by atoms with Crippen molar-refractivity contribution in [2.45, 2.75) is 31.8 Å². The number of aromatic nitrogens is 3. The van der Waals surface area contributed by atoms with Gasteiger partial charge in [-0.3, -0.25) is 4.79 Å². The third-order valence-electron chi connectivity index (χ3n) is 5.90. The first-order valence-corrected chi connectivity index (χ1v) is 10.5. The van der Waals surface area contributed by atoms with E-state index in [0.717, 1.165) is 60.5 Å². The van der Waals surface area contributed by atoms with Crippen molar-refractivity contribution in [3.05, 3.63) is 30.3 Å². The number of aryl methyl sites for hydroxylation is 1. The van der Waals surface area contributed by atoms with E-state index in [0.29, 0.717) is 23.4 Å². The van der Waals surface area contributed by atoms with Crippen molar-refractivity contribution in [2.75, 3.05) is 24.2 Å². The predicted molar refractivity (Wildman–Crippen MR) is 117 cm³/mol. The van der Waals surface area contributed by atoms with Gasteiger partial charge in [-0.2, -0.15) is 4.98 Å². The van der Waals surface area contributed by atoms with Gasteiger partial charge in [0, 0.05) is 23.9 Å². The minimum absolute atomic E-state index is 0.0219. The summed E-state index contributed by atoms with van der Waals surface area (Å²) >= 11 is 0. The highest BCUT2D eigenvalue weighted by atomic mass is 16.5. The van der Waals surface area contributed by atoms with Crippen molar-refractivity contribution in [3.63, 3.8) is 0 Å². The van der Waals surface area contributed by atoms with Crippen LogP contribution in [0.4, 0.5) is 11.7 Å². The zero-order chi connectivity index (χ0) is 20.9. The molecule has 2 aliphatic rings. The lowest BCUT2D eigenvalue weighted by atomic mass is 10.2. The molecule has 9 heteroatoms. The lowest BCUT2D eigenvalue weighted by molar-refractivity contribution is -0.117. The largest absolute Gasteiger partial charge is 0.491 e. The standard InChI is InChI=1S/C22H22N6O3/c23-22-27-15-9-12(4-5-17(15)31-22)20-26-16-10-13(25-21(29)14-3-1-6-24-14)11-18-19(16)28(20)7-2-8-30-18/h4-5,9-11,14,24H,1-3,6-8H2,(H2,23,27)(H,25,29)/t14-/m0/s1. The number of fused-ring (bicyclic) bond motifs is 1. The third kappa shape index (κ3) is 3.09. The van der Waals surface area contributed by atoms with Crippen molar-refractivity contribution in [2.24, 2.45) is 0 Å². The molecule has 4 heterocycles. The lowest BCUT2D eigenvalue weighted by Gasteiger charge is -2.12. The maximum atomic E-state index is 12.6. The Labute approximate surface area is 177 Å². The first kappa shape index (κ1) is 18.2. The number of amides is 1. The first-order chi connectivity index (χ1) is 15.2. The van der Waals surface area contributed by atoms with Crippen LogP contribution in [0.15, 0.2) is 34.7 Å². The minimum atomic E-state index is -0.148. The van der Waals surface area contributed by atoms with Crippen LogP contribution in [-0.2, 0) is 11.3 Å². The molecule has 4 aromatic rings. The van der Waals surface area contributed by atoms with E-state index in [1.54, 1.807) is 0 Å². The maximum absolute atomic E-state index is 12.6. The molecule has 1 amide bonds. The summed E-state index contributed by atoms with van der Waals surface area (Å²) in [6.45, 7) is 2.27. The van der Waals surface area contributed by atoms with E-state index in [4.69, 9.17) is 19.9 Å². The molecule has 0 bridgehead atoms. The number of carbonyl (C=O) groups is 1. The molecule has 0 unspecified atom stereocenters. The zero-order valence-electron chi connectivity index (χ0n) is 16.9. The Kier molecular flexibility index (Phi) is 4.10. The molecular formula is C22H22N6O3. The van der Waals surface area contributed by atoms with Gasteiger partial charge in [-0.05, 0) is 50.1 Å². The normalized spacial score (nSPS) is 18.3. The van der Waals surface area contributed by atoms with Gasteiger partial charge in [-0.15, -0.1) is 0 Å². The zero-order valence-corrected chi connectivity index (χ0v) is 16.9. The van der Waals surface area contributed by atoms with E-state index in [2.05, 4.69) is 20.2 Å². The fourth-order valence-corrected chi connectivity index (χ4v) is 4.48. The summed E-state index contributed by atoms with van der Waals surface area (Å²) < 4.78 is 13.6. The Hall–Kier alpha value is -3.59. The number of hydrogen-bond acceptors (Lipinski definition) is 7. The fraction of sp³-hybridized carbons (Fsp3) is 0.318. The van der Waals surface area contributed by atoms with E-state index in [9.17, 15) is 4.79 Å². The quantitative estimate of drug-likeness (QED) is 0.468. The molecule has 0 saturated carbocycles. The SMILES string of the molecule is Nc1nc2cc(-c3nc4cc(NC(=O)[C@@H]5CCCN5)cc5c4n3CCCO5)ccc2o1. The summed E-state index contributed by atoms with van der Waals surface area (Å²) in [5, 5.41) is 6.25. The summed E-state index contributed by atoms with van der Waals surface area (Å²) in [5.41, 5.74) is 10.4. The van der Waals surface area contributed by atoms with Gasteiger partial charge in [0.05, 0.1) is 18.2 Å². The lowest BCUT2D eigenvalue weighted by Crippen LogP contribution is -2.35. The predicted octanol–water partition coefficient (Wildman–Crippen LogP) is 2.90. The highest BCUT2D eigenvalue weighted by Gasteiger charge is 2.24. The van der Waals surface area contributed by atoms with E-state index < -0.39 is 0 Å². The second-order valence-electron chi connectivity index (χ2n) is 8.00. The van der Waals surface area contributed by atoms with Crippen LogP contribution in [0.1, 0.15) is 19.3 Å². The van der Waals surface area contributed by atoms with Crippen LogP contribution in [0.5, 0.6) is 5.75 Å². The molecule has 158 valence electrons. The number of nitrogen functional groups attached to an aromatic ring is 1. The molecule has 2 aromatic carbocycles. The van der Waals surface area contributed by atoms with Gasteiger partial charge in [0.15, 0.2) is 5.58 Å². The van der Waals surface area contributed by atoms with E-state index in [1.165, 1.54) is 0 Å². The summed E-state index contributed by atoms with van der Waals surface area (Å²) in [5.74, 6) is 1.53. The Morgan fingerprint density at radius 3 is 3.00 bits per heavy atom. The maximum Gasteiger partial charge on any atom is 0.292 e. The van der Waals surface area contributed by atoms with Gasteiger partial charge in [0.1, 0.15) is 22.6 Å². The third-order valence-corrected chi connectivity index (χ3v) is 5.90. The molecule has 0 radical (unpaired) electrons. The number of nitrogens with two attached hydrogens (primary N) is 1. The number of rotatable bonds is 3. The number of hydrogen-bond donors (Lipinski definition) is 3. The van der Waals surface area contributed by atoms with Gasteiger partial charge >= 0.3 is 0 Å². The fourth-order valence-electron chi connectivity index (χ4n) is 4.48. The number of nitrogens with zero attached hydrogens (tertiary/aromatic N) is 3. The van der Waals surface area contributed by atoms with E-state index in [-0.39, 0.29) is 18.0 Å². The average molecular weight is 418 g/mol. The molecule has 6 rings (SSSR count). The van der Waals surface area contributed by atoms with Crippen LogP contribution >= 0.6 is 0 Å². The number of benzene rings is 2. The highest BCUT2D eigenvalue weighted by Crippen LogP contribution is 2.36. The van der Waals surface area contributed by atoms with Gasteiger partial charge < -0.3 is 30.1 Å². The molecule has 1 saturated heterocycles. The molecule has 2 aromatic heterocycles. The van der Waals surface area contributed by atoms with Crippen LogP contribution in [0.2, 0.25) is 0 Å². The number of oxazole rings is 1. The minimum Gasteiger partial charge on any atom is -0.491 e. The van der Waals surface area contributed by atoms with Gasteiger partial charge in [0.25, 0.3) is 6.01 Å². The number of imidazole rings is 1. The molecule has 1 fully saturated rings. The number of anilines is 2. The molecule has 2 aliphatic heterocycles. The van der Waals surface area contributed by atoms with Crippen LogP contribution in [-0.4, -0.2) is 39.6 Å². The molecule has 4 N–H and O–H groups in total. The topological polar surface area (TPSA) is 120 Å². The molecular weight excluding hydrogens is 396 g/mol. The molecule has 1 atom stereocenters. The number of ether oxygens (including phenoxy) is 1. The Bertz CT molecular complexity index is 1320. The molecule has 9 nitrogen and oxygen atoms in total. The van der Waals surface area contributed by atoms with E-state index in [1.807, 2.05) is 30.3 Å². The Balaban J connectivity index is 1.45. The van der Waals surface area contributed by atoms with Crippen molar-refractivity contribution in [1.82, 2.24) is 19.9 Å². The van der Waals surface area contributed by atoms with Crippen molar-refractivity contribution in [1.29, 1.82) is 0 Å². The Morgan fingerprint density at radius 2 is 2.13 bits per heavy atom. The first-order valence-electron chi connectivity index (χ1n) is 10.5. The van der Waals surface area contributed by atoms with Crippen LogP contribution in [0, 0.1) is 0 Å². The second-order valence-corrected chi connectivity index (χ2v) is 8.00. The summed E-state index contributed by atoms with van der Waals surface area (Å²) in [6.07, 6.45) is 2.73. The highest BCUT2D eigenvalue weighted by molar-refractivity contribution is 5.98. The van der Waals surface area contributed by atoms with Crippen LogP contribution in [0.3, 0.4) is 0 Å². The molecule has 0 spiro atoms. The molecule has 0 aliphatic carbocycles. The average Bonchev–Trinajstić information content (AvgIpc) is 3.45. The summed E-state index contributed by atoms with van der Waals surface area (Å²) in [6, 6.07) is 9.54.